The number of fused-ring (bicyclic) bond motifs is 1. The Kier molecular flexibility index (Phi) is 6.62. The van der Waals surface area contributed by atoms with Crippen molar-refractivity contribution >= 4 is 5.96 Å². The van der Waals surface area contributed by atoms with Crippen molar-refractivity contribution < 1.29 is 13.9 Å². The van der Waals surface area contributed by atoms with Crippen LogP contribution in [0.15, 0.2) is 65.8 Å². The molecule has 2 heterocycles. The molecule has 1 aliphatic heterocycles. The van der Waals surface area contributed by atoms with E-state index in [0.717, 1.165) is 43.3 Å². The van der Waals surface area contributed by atoms with Crippen LogP contribution >= 0.6 is 0 Å². The number of benzene rings is 2. The van der Waals surface area contributed by atoms with Gasteiger partial charge in [-0.1, -0.05) is 12.1 Å². The second-order valence-corrected chi connectivity index (χ2v) is 7.20. The van der Waals surface area contributed by atoms with Crippen LogP contribution in [0.3, 0.4) is 0 Å². The number of hydrogen-bond acceptors (Lipinski definition) is 4. The minimum absolute atomic E-state index is 0.303. The highest BCUT2D eigenvalue weighted by molar-refractivity contribution is 5.79. The van der Waals surface area contributed by atoms with Gasteiger partial charge in [0.25, 0.3) is 0 Å². The maximum absolute atomic E-state index is 13.0. The van der Waals surface area contributed by atoms with E-state index in [4.69, 9.17) is 9.47 Å². The molecule has 2 aromatic carbocycles. The first kappa shape index (κ1) is 20.7. The van der Waals surface area contributed by atoms with Crippen molar-refractivity contribution in [3.8, 4) is 17.4 Å². The molecule has 0 fully saturated rings. The lowest BCUT2D eigenvalue weighted by molar-refractivity contribution is 0.357. The fourth-order valence-electron chi connectivity index (χ4n) is 3.37. The summed E-state index contributed by atoms with van der Waals surface area (Å²) in [6.07, 6.45) is 3.57. The van der Waals surface area contributed by atoms with Crippen molar-refractivity contribution in [2.75, 3.05) is 20.2 Å². The normalized spacial score (nSPS) is 12.8. The lowest BCUT2D eigenvalue weighted by atomic mass is 10.1. The lowest BCUT2D eigenvalue weighted by Crippen LogP contribution is -2.37. The second-order valence-electron chi connectivity index (χ2n) is 7.20. The van der Waals surface area contributed by atoms with Crippen molar-refractivity contribution in [3.63, 3.8) is 0 Å². The van der Waals surface area contributed by atoms with E-state index < -0.39 is 0 Å². The number of guanidine groups is 1. The third-order valence-electron chi connectivity index (χ3n) is 4.98. The van der Waals surface area contributed by atoms with Crippen LogP contribution in [0.25, 0.3) is 0 Å². The van der Waals surface area contributed by atoms with Crippen molar-refractivity contribution in [3.05, 3.63) is 83.3 Å². The Morgan fingerprint density at radius 2 is 1.97 bits per heavy atom. The summed E-state index contributed by atoms with van der Waals surface area (Å²) in [7, 11) is 1.75. The first-order valence-corrected chi connectivity index (χ1v) is 10.3. The first-order chi connectivity index (χ1) is 15.2. The van der Waals surface area contributed by atoms with Crippen molar-refractivity contribution in [1.82, 2.24) is 15.6 Å². The number of nitrogens with zero attached hydrogens (tertiary/aromatic N) is 2. The molecule has 0 bridgehead atoms. The predicted molar refractivity (Wildman–Crippen MR) is 118 cm³/mol. The highest BCUT2D eigenvalue weighted by Gasteiger charge is 2.11. The smallest absolute Gasteiger partial charge is 0.219 e. The molecule has 0 spiro atoms. The zero-order valence-electron chi connectivity index (χ0n) is 17.4. The summed E-state index contributed by atoms with van der Waals surface area (Å²) in [5, 5.41) is 6.64. The molecular weight excluding hydrogens is 395 g/mol. The van der Waals surface area contributed by atoms with Crippen LogP contribution < -0.4 is 20.1 Å². The minimum atomic E-state index is -0.303. The van der Waals surface area contributed by atoms with Gasteiger partial charge in [-0.3, -0.25) is 4.99 Å². The zero-order valence-corrected chi connectivity index (χ0v) is 17.4. The standard InChI is InChI=1S/C24H25FN4O2/c1-26-24(28-12-8-17-2-7-22-19(14-17)10-13-30-22)29-16-18-9-11-27-23(15-18)31-21-5-3-20(25)4-6-21/h2-7,9,11,14-15H,8,10,12-13,16H2,1H3,(H2,26,28,29). The Morgan fingerprint density at radius 3 is 2.81 bits per heavy atom. The molecule has 0 saturated carbocycles. The number of halogens is 1. The molecule has 2 N–H and O–H groups in total. The van der Waals surface area contributed by atoms with E-state index in [2.05, 4.69) is 38.8 Å². The number of pyridine rings is 1. The summed E-state index contributed by atoms with van der Waals surface area (Å²) in [6.45, 7) is 2.12. The van der Waals surface area contributed by atoms with Crippen molar-refractivity contribution in [1.29, 1.82) is 0 Å². The first-order valence-electron chi connectivity index (χ1n) is 10.3. The van der Waals surface area contributed by atoms with Gasteiger partial charge in [0.15, 0.2) is 5.96 Å². The summed E-state index contributed by atoms with van der Waals surface area (Å²) in [5.74, 6) is 2.42. The van der Waals surface area contributed by atoms with Crippen LogP contribution in [-0.4, -0.2) is 31.1 Å². The van der Waals surface area contributed by atoms with Crippen LogP contribution in [-0.2, 0) is 19.4 Å². The maximum atomic E-state index is 13.0. The van der Waals surface area contributed by atoms with E-state index in [1.165, 1.54) is 23.3 Å². The van der Waals surface area contributed by atoms with E-state index in [0.29, 0.717) is 18.2 Å². The third kappa shape index (κ3) is 5.72. The summed E-state index contributed by atoms with van der Waals surface area (Å²) in [6, 6.07) is 16.0. The monoisotopic (exact) mass is 420 g/mol. The van der Waals surface area contributed by atoms with Gasteiger partial charge in [-0.15, -0.1) is 0 Å². The van der Waals surface area contributed by atoms with Crippen molar-refractivity contribution in [2.24, 2.45) is 4.99 Å². The van der Waals surface area contributed by atoms with Crippen molar-refractivity contribution in [2.45, 2.75) is 19.4 Å². The van der Waals surface area contributed by atoms with Crippen LogP contribution in [0.2, 0.25) is 0 Å². The zero-order chi connectivity index (χ0) is 21.5. The largest absolute Gasteiger partial charge is 0.493 e. The third-order valence-corrected chi connectivity index (χ3v) is 4.98. The van der Waals surface area contributed by atoms with Gasteiger partial charge in [0.2, 0.25) is 5.88 Å². The molecule has 6 nitrogen and oxygen atoms in total. The van der Waals surface area contributed by atoms with Gasteiger partial charge in [-0.25, -0.2) is 9.37 Å². The molecular formula is C24H25FN4O2. The molecule has 7 heteroatoms. The highest BCUT2D eigenvalue weighted by Crippen LogP contribution is 2.26. The molecule has 0 atom stereocenters. The molecule has 0 unspecified atom stereocenters. The van der Waals surface area contributed by atoms with Crippen LogP contribution in [0.1, 0.15) is 16.7 Å². The van der Waals surface area contributed by atoms with E-state index in [1.807, 2.05) is 12.1 Å². The topological polar surface area (TPSA) is 67.8 Å². The maximum Gasteiger partial charge on any atom is 0.219 e. The van der Waals surface area contributed by atoms with Gasteiger partial charge in [-0.05, 0) is 59.5 Å². The summed E-state index contributed by atoms with van der Waals surface area (Å²) >= 11 is 0. The molecule has 1 aliphatic rings. The lowest BCUT2D eigenvalue weighted by Gasteiger charge is -2.13. The average Bonchev–Trinajstić information content (AvgIpc) is 3.26. The Hall–Kier alpha value is -3.61. The molecule has 1 aromatic heterocycles. The molecule has 3 aromatic rings. The predicted octanol–water partition coefficient (Wildman–Crippen LogP) is 3.86. The Balaban J connectivity index is 1.26. The van der Waals surface area contributed by atoms with Gasteiger partial charge in [-0.2, -0.15) is 0 Å². The number of aliphatic imine (C=N–C) groups is 1. The molecule has 4 rings (SSSR count). The van der Waals surface area contributed by atoms with E-state index in [9.17, 15) is 4.39 Å². The Bertz CT molecular complexity index is 1050. The molecule has 0 radical (unpaired) electrons. The van der Waals surface area contributed by atoms with Crippen LogP contribution in [0, 0.1) is 5.82 Å². The van der Waals surface area contributed by atoms with Gasteiger partial charge >= 0.3 is 0 Å². The number of rotatable bonds is 7. The van der Waals surface area contributed by atoms with E-state index >= 15 is 0 Å². The number of ether oxygens (including phenoxy) is 2. The quantitative estimate of drug-likeness (QED) is 0.449. The summed E-state index contributed by atoms with van der Waals surface area (Å²) < 4.78 is 24.3. The van der Waals surface area contributed by atoms with Crippen LogP contribution in [0.4, 0.5) is 4.39 Å². The highest BCUT2D eigenvalue weighted by atomic mass is 19.1. The van der Waals surface area contributed by atoms with E-state index in [1.54, 1.807) is 25.4 Å². The molecule has 0 saturated heterocycles. The molecule has 0 aliphatic carbocycles. The Labute approximate surface area is 181 Å². The van der Waals surface area contributed by atoms with E-state index in [-0.39, 0.29) is 5.82 Å². The fraction of sp³-hybridized carbons (Fsp3) is 0.250. The Morgan fingerprint density at radius 1 is 1.10 bits per heavy atom. The molecule has 31 heavy (non-hydrogen) atoms. The second kappa shape index (κ2) is 9.93. The summed E-state index contributed by atoms with van der Waals surface area (Å²) in [4.78, 5) is 8.50. The van der Waals surface area contributed by atoms with Crippen LogP contribution in [0.5, 0.6) is 17.4 Å². The molecule has 0 amide bonds. The van der Waals surface area contributed by atoms with Gasteiger partial charge in [0, 0.05) is 38.8 Å². The SMILES string of the molecule is CN=C(NCCc1ccc2c(c1)CCO2)NCc1ccnc(Oc2ccc(F)cc2)c1. The summed E-state index contributed by atoms with van der Waals surface area (Å²) in [5.41, 5.74) is 3.56. The van der Waals surface area contributed by atoms with Gasteiger partial charge < -0.3 is 20.1 Å². The number of nitrogens with one attached hydrogen (secondary N) is 2. The number of aromatic nitrogens is 1. The minimum Gasteiger partial charge on any atom is -0.493 e. The molecule has 160 valence electrons. The number of hydrogen-bond donors (Lipinski definition) is 2. The fourth-order valence-corrected chi connectivity index (χ4v) is 3.37. The average molecular weight is 420 g/mol. The van der Waals surface area contributed by atoms with Gasteiger partial charge in [0.1, 0.15) is 17.3 Å². The van der Waals surface area contributed by atoms with Gasteiger partial charge in [0.05, 0.1) is 6.61 Å².